The molecule has 34 heavy (non-hydrogen) atoms. The Kier molecular flexibility index (Phi) is 6.41. The number of aromatic nitrogens is 2. The Morgan fingerprint density at radius 3 is 2.68 bits per heavy atom. The summed E-state index contributed by atoms with van der Waals surface area (Å²) >= 11 is 0. The Morgan fingerprint density at radius 1 is 1.18 bits per heavy atom. The first-order valence-corrected chi connectivity index (χ1v) is 10.4. The van der Waals surface area contributed by atoms with Gasteiger partial charge in [-0.25, -0.2) is 22.9 Å². The van der Waals surface area contributed by atoms with Gasteiger partial charge in [0.1, 0.15) is 11.6 Å². The lowest BCUT2D eigenvalue weighted by Gasteiger charge is -2.24. The van der Waals surface area contributed by atoms with Crippen LogP contribution in [0.1, 0.15) is 12.8 Å². The van der Waals surface area contributed by atoms with Crippen LogP contribution in [0, 0.1) is 23.4 Å². The van der Waals surface area contributed by atoms with Crippen molar-refractivity contribution in [1.29, 1.82) is 0 Å². The molecule has 2 saturated heterocycles. The Balaban J connectivity index is 0.00000274. The number of rotatable bonds is 3. The van der Waals surface area contributed by atoms with Crippen molar-refractivity contribution in [2.24, 2.45) is 5.92 Å². The van der Waals surface area contributed by atoms with Crippen LogP contribution in [0.15, 0.2) is 35.3 Å². The quantitative estimate of drug-likeness (QED) is 0.536. The molecule has 0 radical (unpaired) electrons. The molecule has 5 rings (SSSR count). The van der Waals surface area contributed by atoms with Crippen LogP contribution in [-0.2, 0) is 0 Å². The fraction of sp³-hybridized carbons (Fsp3) is 0.318. The van der Waals surface area contributed by atoms with Gasteiger partial charge < -0.3 is 20.1 Å². The van der Waals surface area contributed by atoms with Crippen molar-refractivity contribution in [3.8, 4) is 11.4 Å². The summed E-state index contributed by atoms with van der Waals surface area (Å²) < 4.78 is 48.8. The van der Waals surface area contributed by atoms with Crippen molar-refractivity contribution in [2.75, 3.05) is 24.5 Å². The molecule has 2 atom stereocenters. The second kappa shape index (κ2) is 9.15. The van der Waals surface area contributed by atoms with E-state index in [0.717, 1.165) is 48.3 Å². The van der Waals surface area contributed by atoms with Crippen LogP contribution in [0.5, 0.6) is 5.75 Å². The van der Waals surface area contributed by atoms with E-state index >= 15 is 4.39 Å². The Bertz CT molecular complexity index is 1320. The number of halogens is 4. The molecule has 0 bridgehead atoms. The molecule has 2 aliphatic heterocycles. The van der Waals surface area contributed by atoms with Gasteiger partial charge in [0.05, 0.1) is 17.3 Å². The first kappa shape index (κ1) is 23.8. The summed E-state index contributed by atoms with van der Waals surface area (Å²) in [7, 11) is 0. The van der Waals surface area contributed by atoms with Gasteiger partial charge in [-0.05, 0) is 43.5 Å². The highest BCUT2D eigenvalue weighted by Crippen LogP contribution is 2.32. The van der Waals surface area contributed by atoms with Crippen LogP contribution in [0.3, 0.4) is 0 Å². The molecule has 180 valence electrons. The minimum Gasteiger partial charge on any atom is -0.449 e. The first-order valence-electron chi connectivity index (χ1n) is 10.4. The molecular formula is C22H20ClF3N4O4. The zero-order valence-corrected chi connectivity index (χ0v) is 18.4. The number of hydrogen-bond donors (Lipinski definition) is 2. The summed E-state index contributed by atoms with van der Waals surface area (Å²) in [5, 5.41) is 12.1. The maximum absolute atomic E-state index is 15.1. The van der Waals surface area contributed by atoms with Crippen LogP contribution in [0.4, 0.5) is 23.8 Å². The first-order chi connectivity index (χ1) is 15.8. The third-order valence-electron chi connectivity index (χ3n) is 6.15. The number of fused-ring (bicyclic) bond motifs is 2. The maximum Gasteiger partial charge on any atom is 0.511 e. The van der Waals surface area contributed by atoms with E-state index in [1.54, 1.807) is 4.90 Å². The molecule has 8 nitrogen and oxygen atoms in total. The number of benzene rings is 1. The number of carboxylic acid groups (broad SMARTS) is 1. The average molecular weight is 497 g/mol. The van der Waals surface area contributed by atoms with Gasteiger partial charge in [0.25, 0.3) is 0 Å². The Hall–Kier alpha value is -3.31. The van der Waals surface area contributed by atoms with Gasteiger partial charge in [-0.15, -0.1) is 12.4 Å². The SMILES string of the molecule is Cl.O=C(O)Oc1cn(-c2ccc(F)cc2F)c2nc(N3C[C@@H]4CCCN[C@@H]4C3)c(F)cc2c1=O. The molecule has 3 aromatic rings. The number of anilines is 1. The van der Waals surface area contributed by atoms with Crippen molar-refractivity contribution in [3.63, 3.8) is 0 Å². The highest BCUT2D eigenvalue weighted by Gasteiger charge is 2.36. The van der Waals surface area contributed by atoms with Crippen LogP contribution in [0.2, 0.25) is 0 Å². The van der Waals surface area contributed by atoms with Gasteiger partial charge in [-0.3, -0.25) is 9.36 Å². The van der Waals surface area contributed by atoms with E-state index in [1.807, 2.05) is 0 Å². The minimum atomic E-state index is -1.77. The highest BCUT2D eigenvalue weighted by atomic mass is 35.5. The molecule has 2 aliphatic rings. The smallest absolute Gasteiger partial charge is 0.449 e. The molecule has 0 spiro atoms. The van der Waals surface area contributed by atoms with E-state index in [0.29, 0.717) is 25.1 Å². The lowest BCUT2D eigenvalue weighted by molar-refractivity contribution is 0.144. The van der Waals surface area contributed by atoms with Gasteiger partial charge in [0.15, 0.2) is 23.0 Å². The lowest BCUT2D eigenvalue weighted by atomic mass is 9.94. The van der Waals surface area contributed by atoms with Crippen molar-refractivity contribution in [3.05, 3.63) is 58.1 Å². The summed E-state index contributed by atoms with van der Waals surface area (Å²) in [5.74, 6) is -2.90. The predicted octanol–water partition coefficient (Wildman–Crippen LogP) is 3.47. The highest BCUT2D eigenvalue weighted by molar-refractivity contribution is 5.85. The largest absolute Gasteiger partial charge is 0.511 e. The topological polar surface area (TPSA) is 96.7 Å². The molecule has 2 aromatic heterocycles. The van der Waals surface area contributed by atoms with Crippen LogP contribution < -0.4 is 20.4 Å². The van der Waals surface area contributed by atoms with E-state index < -0.39 is 34.8 Å². The zero-order valence-electron chi connectivity index (χ0n) is 17.6. The summed E-state index contributed by atoms with van der Waals surface area (Å²) in [6.07, 6.45) is 1.22. The third kappa shape index (κ3) is 4.16. The molecule has 0 saturated carbocycles. The van der Waals surface area contributed by atoms with Crippen molar-refractivity contribution in [2.45, 2.75) is 18.9 Å². The van der Waals surface area contributed by atoms with E-state index in [2.05, 4.69) is 15.0 Å². The number of nitrogens with zero attached hydrogens (tertiary/aromatic N) is 3. The lowest BCUT2D eigenvalue weighted by Crippen LogP contribution is -2.40. The normalized spacial score (nSPS) is 19.6. The summed E-state index contributed by atoms with van der Waals surface area (Å²) in [4.78, 5) is 30.0. The van der Waals surface area contributed by atoms with Gasteiger partial charge >= 0.3 is 6.16 Å². The molecule has 12 heteroatoms. The summed E-state index contributed by atoms with van der Waals surface area (Å²) in [6, 6.07) is 3.89. The van der Waals surface area contributed by atoms with E-state index in [9.17, 15) is 18.4 Å². The second-order valence-electron chi connectivity index (χ2n) is 8.19. The van der Waals surface area contributed by atoms with E-state index in [4.69, 9.17) is 5.11 Å². The fourth-order valence-corrected chi connectivity index (χ4v) is 4.66. The number of pyridine rings is 2. The van der Waals surface area contributed by atoms with Gasteiger partial charge in [0.2, 0.25) is 5.43 Å². The Morgan fingerprint density at radius 2 is 1.97 bits per heavy atom. The zero-order chi connectivity index (χ0) is 23.3. The van der Waals surface area contributed by atoms with Crippen LogP contribution in [-0.4, -0.2) is 46.5 Å². The third-order valence-corrected chi connectivity index (χ3v) is 6.15. The van der Waals surface area contributed by atoms with E-state index in [1.165, 1.54) is 0 Å². The number of piperidine rings is 1. The van der Waals surface area contributed by atoms with Crippen LogP contribution in [0.25, 0.3) is 16.7 Å². The predicted molar refractivity (Wildman–Crippen MR) is 120 cm³/mol. The van der Waals surface area contributed by atoms with E-state index in [-0.39, 0.29) is 41.0 Å². The molecule has 1 aromatic carbocycles. The molecule has 2 fully saturated rings. The number of carbonyl (C=O) groups is 1. The summed E-state index contributed by atoms with van der Waals surface area (Å²) in [5.41, 5.74) is -1.23. The van der Waals surface area contributed by atoms with Gasteiger partial charge in [-0.1, -0.05) is 0 Å². The van der Waals surface area contributed by atoms with Crippen LogP contribution >= 0.6 is 12.4 Å². The van der Waals surface area contributed by atoms with Crippen molar-refractivity contribution >= 4 is 35.4 Å². The van der Waals surface area contributed by atoms with Gasteiger partial charge in [0, 0.05) is 25.2 Å². The second-order valence-corrected chi connectivity index (χ2v) is 8.19. The monoisotopic (exact) mass is 496 g/mol. The number of hydrogen-bond acceptors (Lipinski definition) is 6. The Labute approximate surface area is 197 Å². The molecular weight excluding hydrogens is 477 g/mol. The van der Waals surface area contributed by atoms with Gasteiger partial charge in [-0.2, -0.15) is 0 Å². The molecule has 4 heterocycles. The molecule has 0 amide bonds. The minimum absolute atomic E-state index is 0. The molecule has 0 aliphatic carbocycles. The standard InChI is InChI=1S/C22H19F3N4O4.ClH/c23-12-3-4-17(14(24)6-12)29-10-18(33-22(31)32)19(30)13-7-15(25)21(27-20(13)29)28-8-11-2-1-5-26-16(11)9-28;/h3-4,6-7,10-11,16,26H,1-2,5,8-9H2,(H,31,32);1H/t11-,16+;/m0./s1. The maximum atomic E-state index is 15.1. The number of nitrogens with one attached hydrogen (secondary N) is 1. The average Bonchev–Trinajstić information content (AvgIpc) is 3.19. The molecule has 0 unspecified atom stereocenters. The number of ether oxygens (including phenoxy) is 1. The fourth-order valence-electron chi connectivity index (χ4n) is 4.66. The molecule has 2 N–H and O–H groups in total. The van der Waals surface area contributed by atoms with Crippen molar-refractivity contribution in [1.82, 2.24) is 14.9 Å². The van der Waals surface area contributed by atoms with Crippen molar-refractivity contribution < 1.29 is 27.8 Å². The summed E-state index contributed by atoms with van der Waals surface area (Å²) in [6.45, 7) is 1.98.